The molecular weight excluding hydrogens is 231 g/mol. The molecule has 1 aromatic rings. The molecule has 1 heterocycles. The maximum atomic E-state index is 2.35. The van der Waals surface area contributed by atoms with Crippen molar-refractivity contribution in [1.29, 1.82) is 0 Å². The summed E-state index contributed by atoms with van der Waals surface area (Å²) < 4.78 is 1.71. The second kappa shape index (κ2) is 3.36. The molecule has 0 nitrogen and oxygen atoms in total. The van der Waals surface area contributed by atoms with E-state index >= 15 is 0 Å². The number of allylic oxidation sites excluding steroid dienone is 4. The summed E-state index contributed by atoms with van der Waals surface area (Å²) in [5.41, 5.74) is 4.66. The summed E-state index contributed by atoms with van der Waals surface area (Å²) in [5.74, 6) is 0. The molecule has 68 valence electrons. The Morgan fingerprint density at radius 3 is 2.64 bits per heavy atom. The van der Waals surface area contributed by atoms with E-state index in [1.807, 2.05) is 0 Å². The third kappa shape index (κ3) is 1.35. The average molecular weight is 242 g/mol. The van der Waals surface area contributed by atoms with Gasteiger partial charge in [0, 0.05) is 0 Å². The first-order chi connectivity index (χ1) is 6.93. The van der Waals surface area contributed by atoms with Gasteiger partial charge in [-0.05, 0) is 0 Å². The van der Waals surface area contributed by atoms with Crippen LogP contribution in [0.1, 0.15) is 11.1 Å². The summed E-state index contributed by atoms with van der Waals surface area (Å²) in [6.07, 6.45) is 6.88. The van der Waals surface area contributed by atoms with Crippen molar-refractivity contribution in [3.05, 3.63) is 57.5 Å². The van der Waals surface area contributed by atoms with Crippen molar-refractivity contribution in [1.82, 2.24) is 0 Å². The summed E-state index contributed by atoms with van der Waals surface area (Å²) in [6.45, 7) is 0. The van der Waals surface area contributed by atoms with Gasteiger partial charge >= 0.3 is 90.4 Å². The predicted molar refractivity (Wildman–Crippen MR) is 61.8 cm³/mol. The molecule has 1 aliphatic heterocycles. The first-order valence-corrected chi connectivity index (χ1v) is 6.95. The van der Waals surface area contributed by atoms with Crippen LogP contribution in [-0.2, 0) is 12.8 Å². The summed E-state index contributed by atoms with van der Waals surface area (Å²) in [6, 6.07) is 8.85. The zero-order chi connectivity index (χ0) is 9.38. The summed E-state index contributed by atoms with van der Waals surface area (Å²) in [5, 5.41) is 0. The Balaban J connectivity index is 2.08. The fourth-order valence-corrected chi connectivity index (χ4v) is 4.04. The third-order valence-electron chi connectivity index (χ3n) is 2.84. The summed E-state index contributed by atoms with van der Waals surface area (Å²) in [7, 11) is 0. The monoisotopic (exact) mass is 242 g/mol. The third-order valence-corrected chi connectivity index (χ3v) is 5.10. The zero-order valence-corrected chi connectivity index (χ0v) is 9.78. The van der Waals surface area contributed by atoms with Gasteiger partial charge in [-0.15, -0.1) is 0 Å². The Labute approximate surface area is 90.6 Å². The van der Waals surface area contributed by atoms with E-state index in [2.05, 4.69) is 41.2 Å². The van der Waals surface area contributed by atoms with Crippen molar-refractivity contribution in [2.24, 2.45) is 0 Å². The van der Waals surface area contributed by atoms with Crippen LogP contribution in [-0.4, -0.2) is 20.1 Å². The molecule has 0 aromatic heterocycles. The molecule has 0 radical (unpaired) electrons. The van der Waals surface area contributed by atoms with Crippen LogP contribution in [0.25, 0.3) is 0 Å². The Morgan fingerprint density at radius 2 is 1.79 bits per heavy atom. The van der Waals surface area contributed by atoms with Crippen LogP contribution in [0.2, 0.25) is 0 Å². The molecule has 3 rings (SSSR count). The first-order valence-electron chi connectivity index (χ1n) is 4.93. The van der Waals surface area contributed by atoms with Crippen molar-refractivity contribution in [2.45, 2.75) is 12.8 Å². The molecule has 0 atom stereocenters. The van der Waals surface area contributed by atoms with E-state index in [0.29, 0.717) is 15.3 Å². The molecule has 14 heavy (non-hydrogen) atoms. The Bertz CT molecular complexity index is 421. The van der Waals surface area contributed by atoms with Gasteiger partial charge in [0.1, 0.15) is 0 Å². The van der Waals surface area contributed by atoms with E-state index in [-0.39, 0.29) is 0 Å². The maximum absolute atomic E-state index is 2.35. The minimum atomic E-state index is 0.337. The van der Waals surface area contributed by atoms with Crippen molar-refractivity contribution >= 4 is 20.1 Å². The molecule has 0 unspecified atom stereocenters. The molecule has 2 aliphatic rings. The normalized spacial score (nSPS) is 19.1. The van der Waals surface area contributed by atoms with E-state index in [9.17, 15) is 0 Å². The van der Waals surface area contributed by atoms with Crippen LogP contribution in [0.15, 0.2) is 46.4 Å². The van der Waals surface area contributed by atoms with Gasteiger partial charge in [0.2, 0.25) is 0 Å². The number of hydrogen-bond acceptors (Lipinski definition) is 0. The van der Waals surface area contributed by atoms with Crippen LogP contribution in [0.5, 0.6) is 0 Å². The topological polar surface area (TPSA) is 0 Å². The van der Waals surface area contributed by atoms with Gasteiger partial charge < -0.3 is 0 Å². The number of hydrogen-bond donors (Lipinski definition) is 0. The van der Waals surface area contributed by atoms with Crippen LogP contribution in [0.3, 0.4) is 0 Å². The first kappa shape index (κ1) is 8.44. The molecule has 1 heteroatoms. The van der Waals surface area contributed by atoms with Crippen LogP contribution in [0, 0.1) is 0 Å². The van der Waals surface area contributed by atoms with Crippen LogP contribution >= 0.6 is 0 Å². The minimum absolute atomic E-state index is 0.337. The van der Waals surface area contributed by atoms with Crippen molar-refractivity contribution in [2.75, 3.05) is 0 Å². The van der Waals surface area contributed by atoms with Gasteiger partial charge in [-0.25, -0.2) is 0 Å². The molecule has 1 aromatic carbocycles. The van der Waals surface area contributed by atoms with Gasteiger partial charge in [0.05, 0.1) is 0 Å². The van der Waals surface area contributed by atoms with E-state index < -0.39 is 0 Å². The van der Waals surface area contributed by atoms with Gasteiger partial charge in [-0.2, -0.15) is 0 Å². The van der Waals surface area contributed by atoms with Crippen LogP contribution in [0.4, 0.5) is 0 Å². The average Bonchev–Trinajstić information content (AvgIpc) is 2.26. The van der Waals surface area contributed by atoms with Crippen molar-refractivity contribution in [3.8, 4) is 0 Å². The SMILES string of the molecule is C1=CC2=C(Cc3ccccc3C2)[As]=C1. The van der Waals surface area contributed by atoms with Gasteiger partial charge in [0.15, 0.2) is 0 Å². The second-order valence-corrected chi connectivity index (χ2v) is 6.03. The number of fused-ring (bicyclic) bond motifs is 1. The van der Waals surface area contributed by atoms with E-state index in [4.69, 9.17) is 0 Å². The summed E-state index contributed by atoms with van der Waals surface area (Å²) >= 11 is 0.337. The molecule has 0 N–H and O–H groups in total. The Morgan fingerprint density at radius 1 is 1.00 bits per heavy atom. The fraction of sp³-hybridized carbons (Fsp3) is 0.154. The summed E-state index contributed by atoms with van der Waals surface area (Å²) in [4.78, 5) is 2.35. The number of rotatable bonds is 0. The van der Waals surface area contributed by atoms with Gasteiger partial charge in [-0.1, -0.05) is 0 Å². The fourth-order valence-electron chi connectivity index (χ4n) is 2.08. The van der Waals surface area contributed by atoms with E-state index in [0.717, 1.165) is 6.42 Å². The molecule has 0 spiro atoms. The predicted octanol–water partition coefficient (Wildman–Crippen LogP) is 2.12. The van der Waals surface area contributed by atoms with Crippen molar-refractivity contribution < 1.29 is 0 Å². The standard InChI is InChI=1S/C13H11As/c1-2-5-11-9-13-12(6-3-7-14-13)8-10(11)4-1/h1-7H,8-9H2. The van der Waals surface area contributed by atoms with Gasteiger partial charge in [0.25, 0.3) is 0 Å². The molecule has 0 saturated carbocycles. The molecule has 1 aliphatic carbocycles. The zero-order valence-electron chi connectivity index (χ0n) is 7.90. The number of benzene rings is 1. The Kier molecular flexibility index (Phi) is 2.03. The molecule has 0 fully saturated rings. The van der Waals surface area contributed by atoms with E-state index in [1.165, 1.54) is 12.0 Å². The molecule has 0 saturated heterocycles. The van der Waals surface area contributed by atoms with E-state index in [1.54, 1.807) is 15.5 Å². The van der Waals surface area contributed by atoms with Crippen molar-refractivity contribution in [3.63, 3.8) is 0 Å². The van der Waals surface area contributed by atoms with Gasteiger partial charge in [-0.3, -0.25) is 0 Å². The molecule has 0 bridgehead atoms. The molecular formula is C13H11As. The second-order valence-electron chi connectivity index (χ2n) is 3.73. The van der Waals surface area contributed by atoms with Crippen LogP contribution < -0.4 is 0 Å². The molecule has 0 amide bonds. The Hall–Kier alpha value is -0.872. The quantitative estimate of drug-likeness (QED) is 0.611.